The van der Waals surface area contributed by atoms with Crippen molar-refractivity contribution >= 4 is 28.8 Å². The van der Waals surface area contributed by atoms with E-state index in [1.54, 1.807) is 12.0 Å². The number of amides is 2. The summed E-state index contributed by atoms with van der Waals surface area (Å²) in [5, 5.41) is 3.00. The number of nitrogens with zero attached hydrogens (tertiary/aromatic N) is 3. The second kappa shape index (κ2) is 12.5. The number of ether oxygens (including phenoxy) is 3. The molecule has 4 aliphatic rings. The van der Waals surface area contributed by atoms with Crippen molar-refractivity contribution in [2.75, 3.05) is 13.7 Å². The van der Waals surface area contributed by atoms with Crippen LogP contribution in [0.25, 0.3) is 11.0 Å². The van der Waals surface area contributed by atoms with Gasteiger partial charge in [-0.25, -0.2) is 14.8 Å². The number of benzene rings is 1. The van der Waals surface area contributed by atoms with Gasteiger partial charge < -0.3 is 24.4 Å². The van der Waals surface area contributed by atoms with E-state index in [1.165, 1.54) is 6.92 Å². The molecule has 2 aromatic rings. The Bertz CT molecular complexity index is 1410. The van der Waals surface area contributed by atoms with E-state index in [0.29, 0.717) is 29.5 Å². The highest BCUT2D eigenvalue weighted by Crippen LogP contribution is 2.42. The molecule has 3 fully saturated rings. The van der Waals surface area contributed by atoms with Crippen molar-refractivity contribution in [2.45, 2.75) is 116 Å². The highest BCUT2D eigenvalue weighted by molar-refractivity contribution is 5.92. The molecule has 10 nitrogen and oxygen atoms in total. The molecule has 0 radical (unpaired) electrons. The molecular weight excluding hydrogens is 560 g/mol. The maximum absolute atomic E-state index is 14.5. The zero-order chi connectivity index (χ0) is 31.0. The monoisotopic (exact) mass is 606 g/mol. The van der Waals surface area contributed by atoms with E-state index < -0.39 is 29.7 Å². The van der Waals surface area contributed by atoms with Crippen molar-refractivity contribution in [3.8, 4) is 11.6 Å². The third kappa shape index (κ3) is 6.22. The second-order valence-corrected chi connectivity index (χ2v) is 13.7. The summed E-state index contributed by atoms with van der Waals surface area (Å²) >= 11 is 0. The lowest BCUT2D eigenvalue weighted by Crippen LogP contribution is -2.59. The Morgan fingerprint density at radius 3 is 2.55 bits per heavy atom. The van der Waals surface area contributed by atoms with E-state index in [9.17, 15) is 14.4 Å². The molecule has 1 aromatic carbocycles. The molecule has 2 amide bonds. The molecule has 238 valence electrons. The average molecular weight is 607 g/mol. The molecule has 2 bridgehead atoms. The van der Waals surface area contributed by atoms with Gasteiger partial charge in [0.15, 0.2) is 5.78 Å². The predicted octanol–water partition coefficient (Wildman–Crippen LogP) is 5.39. The molecule has 44 heavy (non-hydrogen) atoms. The Morgan fingerprint density at radius 2 is 1.80 bits per heavy atom. The maximum atomic E-state index is 14.5. The van der Waals surface area contributed by atoms with Gasteiger partial charge in [0.2, 0.25) is 11.8 Å². The number of aryl methyl sites for hydroxylation is 1. The molecule has 2 aliphatic heterocycles. The molecule has 6 rings (SSSR count). The molecule has 6 atom stereocenters. The van der Waals surface area contributed by atoms with Crippen LogP contribution in [-0.2, 0) is 20.7 Å². The highest BCUT2D eigenvalue weighted by Gasteiger charge is 2.51. The molecule has 1 aromatic heterocycles. The van der Waals surface area contributed by atoms with Crippen molar-refractivity contribution in [1.82, 2.24) is 20.2 Å². The van der Waals surface area contributed by atoms with Gasteiger partial charge in [-0.05, 0) is 68.9 Å². The first-order valence-corrected chi connectivity index (χ1v) is 16.5. The van der Waals surface area contributed by atoms with Gasteiger partial charge in [-0.15, -0.1) is 0 Å². The molecule has 0 spiro atoms. The van der Waals surface area contributed by atoms with Crippen LogP contribution < -0.4 is 14.8 Å². The maximum Gasteiger partial charge on any atom is 0.408 e. The van der Waals surface area contributed by atoms with E-state index in [1.807, 2.05) is 25.1 Å². The number of rotatable bonds is 3. The summed E-state index contributed by atoms with van der Waals surface area (Å²) in [5.74, 6) is 0.853. The number of fused-ring (bicyclic) bond motifs is 5. The second-order valence-electron chi connectivity index (χ2n) is 13.7. The third-order valence-corrected chi connectivity index (χ3v) is 10.5. The van der Waals surface area contributed by atoms with Gasteiger partial charge >= 0.3 is 6.09 Å². The van der Waals surface area contributed by atoms with Crippen LogP contribution in [0.5, 0.6) is 11.6 Å². The lowest BCUT2D eigenvalue weighted by molar-refractivity contribution is -0.142. The summed E-state index contributed by atoms with van der Waals surface area (Å²) in [6, 6.07) is 4.16. The van der Waals surface area contributed by atoms with Crippen LogP contribution in [0.15, 0.2) is 18.2 Å². The first-order valence-electron chi connectivity index (χ1n) is 16.5. The van der Waals surface area contributed by atoms with E-state index in [0.717, 1.165) is 75.4 Å². The Kier molecular flexibility index (Phi) is 8.70. The fourth-order valence-electron chi connectivity index (χ4n) is 7.69. The lowest BCUT2D eigenvalue weighted by atomic mass is 9.70. The third-order valence-electron chi connectivity index (χ3n) is 10.5. The number of Topliss-reactive ketones (excluding diaryl/α,β-unsaturated/α-hetero) is 1. The fourth-order valence-corrected chi connectivity index (χ4v) is 7.69. The first-order chi connectivity index (χ1) is 21.2. The summed E-state index contributed by atoms with van der Waals surface area (Å²) in [6.45, 7) is 5.78. The van der Waals surface area contributed by atoms with Crippen LogP contribution in [0.4, 0.5) is 4.79 Å². The normalized spacial score (nSPS) is 31.0. The molecule has 2 saturated carbocycles. The number of ketones is 1. The first kappa shape index (κ1) is 30.6. The van der Waals surface area contributed by atoms with Crippen LogP contribution in [0.1, 0.15) is 90.7 Å². The summed E-state index contributed by atoms with van der Waals surface area (Å²) in [6.07, 6.45) is 9.18. The van der Waals surface area contributed by atoms with E-state index in [2.05, 4.69) is 12.2 Å². The largest absolute Gasteiger partial charge is 0.497 e. The zero-order valence-corrected chi connectivity index (χ0v) is 26.5. The molecular formula is C34H46N4O6. The van der Waals surface area contributed by atoms with Gasteiger partial charge in [-0.1, -0.05) is 46.0 Å². The van der Waals surface area contributed by atoms with Gasteiger partial charge in [0.25, 0.3) is 0 Å². The van der Waals surface area contributed by atoms with Crippen LogP contribution in [0.3, 0.4) is 0 Å². The lowest BCUT2D eigenvalue weighted by Gasteiger charge is -2.42. The molecule has 2 aliphatic carbocycles. The summed E-state index contributed by atoms with van der Waals surface area (Å²) < 4.78 is 17.9. The Labute approximate surface area is 259 Å². The van der Waals surface area contributed by atoms with Crippen LogP contribution in [0.2, 0.25) is 0 Å². The molecule has 0 unspecified atom stereocenters. The minimum Gasteiger partial charge on any atom is -0.497 e. The van der Waals surface area contributed by atoms with E-state index in [4.69, 9.17) is 24.2 Å². The topological polar surface area (TPSA) is 120 Å². The standard InChI is InChI=1S/C34H46N4O6/c1-20-28-19-38(29(20)21(2)39)32(40)30(34(3)15-9-6-10-16-34)37-33(41)44-27-17-22(27)11-7-5-8-12-25-31(43-28)36-26-18-23(42-4)13-14-24(26)35-25/h13-14,18,20,22,27-30H,5-12,15-17,19H2,1-4H3,(H,37,41)/t20-,22-,27-,28+,29+,30-/m1/s1. The average Bonchev–Trinajstić information content (AvgIpc) is 3.65. The Morgan fingerprint density at radius 1 is 1.02 bits per heavy atom. The number of carbonyl (C=O) groups is 3. The van der Waals surface area contributed by atoms with Crippen molar-refractivity contribution in [3.05, 3.63) is 23.9 Å². The van der Waals surface area contributed by atoms with Gasteiger partial charge in [0.05, 0.1) is 30.7 Å². The Balaban J connectivity index is 1.36. The minimum absolute atomic E-state index is 0.103. The molecule has 10 heteroatoms. The van der Waals surface area contributed by atoms with Crippen LogP contribution in [-0.4, -0.2) is 70.6 Å². The molecule has 1 saturated heterocycles. The number of alkyl carbamates (subject to hydrolysis) is 1. The Hall–Kier alpha value is -3.43. The number of nitrogens with one attached hydrogen (secondary N) is 1. The number of aromatic nitrogens is 2. The van der Waals surface area contributed by atoms with Crippen LogP contribution in [0, 0.1) is 17.3 Å². The van der Waals surface area contributed by atoms with Gasteiger partial charge in [0, 0.05) is 12.0 Å². The fraction of sp³-hybridized carbons (Fsp3) is 0.676. The number of carbonyl (C=O) groups excluding carboxylic acids is 3. The molecule has 3 heterocycles. The molecule has 1 N–H and O–H groups in total. The van der Waals surface area contributed by atoms with Crippen molar-refractivity contribution in [1.29, 1.82) is 0 Å². The van der Waals surface area contributed by atoms with E-state index in [-0.39, 0.29) is 30.3 Å². The minimum atomic E-state index is -0.789. The highest BCUT2D eigenvalue weighted by atomic mass is 16.6. The smallest absolute Gasteiger partial charge is 0.408 e. The van der Waals surface area contributed by atoms with E-state index >= 15 is 0 Å². The van der Waals surface area contributed by atoms with Gasteiger partial charge in [0.1, 0.15) is 29.7 Å². The van der Waals surface area contributed by atoms with Gasteiger partial charge in [-0.3, -0.25) is 9.59 Å². The zero-order valence-electron chi connectivity index (χ0n) is 26.5. The quantitative estimate of drug-likeness (QED) is 0.494. The number of hydrogen-bond acceptors (Lipinski definition) is 8. The summed E-state index contributed by atoms with van der Waals surface area (Å²) in [4.78, 5) is 52.3. The number of hydrogen-bond donors (Lipinski definition) is 1. The predicted molar refractivity (Wildman–Crippen MR) is 165 cm³/mol. The van der Waals surface area contributed by atoms with Crippen molar-refractivity contribution < 1.29 is 28.6 Å². The SMILES string of the molecule is COc1ccc2nc3c(nc2c1)O[C@H]1CN(C(=O)[C@H](C2(C)CCCCC2)NC(=O)O[C@@H]2C[C@H]2CCCCC3)[C@H](C(C)=O)[C@@H]1C. The van der Waals surface area contributed by atoms with Crippen molar-refractivity contribution in [3.63, 3.8) is 0 Å². The van der Waals surface area contributed by atoms with Crippen LogP contribution >= 0.6 is 0 Å². The summed E-state index contributed by atoms with van der Waals surface area (Å²) in [5.41, 5.74) is 1.79. The van der Waals surface area contributed by atoms with Gasteiger partial charge in [-0.2, -0.15) is 0 Å². The summed E-state index contributed by atoms with van der Waals surface area (Å²) in [7, 11) is 1.62. The van der Waals surface area contributed by atoms with Crippen molar-refractivity contribution in [2.24, 2.45) is 17.3 Å². The number of methoxy groups -OCH3 is 1.